The molecule has 6 nitrogen and oxygen atoms in total. The van der Waals surface area contributed by atoms with E-state index in [2.05, 4.69) is 15.3 Å². The summed E-state index contributed by atoms with van der Waals surface area (Å²) in [4.78, 5) is 20.0. The minimum atomic E-state index is -0.438. The van der Waals surface area contributed by atoms with Crippen LogP contribution >= 0.6 is 0 Å². The fourth-order valence-corrected chi connectivity index (χ4v) is 3.28. The van der Waals surface area contributed by atoms with Gasteiger partial charge in [0, 0.05) is 17.1 Å². The number of nitrogens with two attached hydrogens (primary N) is 1. The smallest absolute Gasteiger partial charge is 0.273 e. The molecule has 0 radical (unpaired) electrons. The summed E-state index contributed by atoms with van der Waals surface area (Å²) in [6.45, 7) is 1.93. The molecule has 28 heavy (non-hydrogen) atoms. The number of hydrogen-bond donors (Lipinski definition) is 3. The van der Waals surface area contributed by atoms with Crippen LogP contribution in [0.25, 0.3) is 10.9 Å². The molecule has 4 aromatic rings. The van der Waals surface area contributed by atoms with Crippen molar-refractivity contribution in [2.75, 3.05) is 0 Å². The van der Waals surface area contributed by atoms with Crippen molar-refractivity contribution in [2.45, 2.75) is 25.4 Å². The Labute approximate surface area is 162 Å². The van der Waals surface area contributed by atoms with E-state index in [1.54, 1.807) is 0 Å². The van der Waals surface area contributed by atoms with E-state index in [0.29, 0.717) is 12.3 Å². The molecule has 0 bridgehead atoms. The molecule has 0 saturated heterocycles. The number of para-hydroxylation sites is 1. The van der Waals surface area contributed by atoms with E-state index < -0.39 is 6.04 Å². The molecule has 6 heteroatoms. The molecule has 2 heterocycles. The zero-order valence-corrected chi connectivity index (χ0v) is 15.6. The Kier molecular flexibility index (Phi) is 4.95. The van der Waals surface area contributed by atoms with Crippen LogP contribution in [-0.4, -0.2) is 15.9 Å². The van der Waals surface area contributed by atoms with Gasteiger partial charge in [-0.25, -0.2) is 4.98 Å². The first-order chi connectivity index (χ1) is 13.6. The van der Waals surface area contributed by atoms with Crippen LogP contribution in [0, 0.1) is 0 Å². The molecule has 1 amide bonds. The van der Waals surface area contributed by atoms with Crippen molar-refractivity contribution >= 4 is 16.8 Å². The average molecular weight is 374 g/mol. The number of nitrogens with zero attached hydrogens (tertiary/aromatic N) is 1. The normalized spacial score (nSPS) is 13.4. The fraction of sp³-hybridized carbons (Fsp3) is 0.182. The highest BCUT2D eigenvalue weighted by Gasteiger charge is 2.20. The topological polar surface area (TPSA) is 96.9 Å². The van der Waals surface area contributed by atoms with Gasteiger partial charge in [0.1, 0.15) is 6.26 Å². The molecule has 0 spiro atoms. The molecule has 0 saturated carbocycles. The molecule has 2 unspecified atom stereocenters. The fourth-order valence-electron chi connectivity index (χ4n) is 3.28. The number of nitrogens with one attached hydrogen (secondary N) is 2. The van der Waals surface area contributed by atoms with Gasteiger partial charge in [-0.1, -0.05) is 48.5 Å². The number of oxazole rings is 1. The number of fused-ring (bicyclic) bond motifs is 1. The van der Waals surface area contributed by atoms with Crippen molar-refractivity contribution in [1.29, 1.82) is 0 Å². The quantitative estimate of drug-likeness (QED) is 0.477. The number of aromatic amines is 1. The second-order valence-electron chi connectivity index (χ2n) is 6.85. The van der Waals surface area contributed by atoms with E-state index in [0.717, 1.165) is 22.0 Å². The van der Waals surface area contributed by atoms with Gasteiger partial charge in [-0.15, -0.1) is 0 Å². The zero-order valence-electron chi connectivity index (χ0n) is 15.6. The van der Waals surface area contributed by atoms with Gasteiger partial charge in [-0.2, -0.15) is 0 Å². The van der Waals surface area contributed by atoms with Gasteiger partial charge in [-0.05, 0) is 30.5 Å². The summed E-state index contributed by atoms with van der Waals surface area (Å²) in [5, 5.41) is 4.05. The zero-order chi connectivity index (χ0) is 19.5. The SMILES string of the molecule is CC(NC(=O)c1coc(C(N)Cc2c[nH]c3ccccc23)n1)c1ccccc1. The minimum absolute atomic E-state index is 0.131. The summed E-state index contributed by atoms with van der Waals surface area (Å²) in [6.07, 6.45) is 3.87. The lowest BCUT2D eigenvalue weighted by molar-refractivity contribution is 0.0934. The van der Waals surface area contributed by atoms with E-state index in [-0.39, 0.29) is 17.6 Å². The van der Waals surface area contributed by atoms with Crippen LogP contribution in [0.5, 0.6) is 0 Å². The molecule has 4 N–H and O–H groups in total. The van der Waals surface area contributed by atoms with Crippen LogP contribution in [0.1, 0.15) is 46.5 Å². The molecule has 0 aliphatic heterocycles. The molecular weight excluding hydrogens is 352 g/mol. The highest BCUT2D eigenvalue weighted by atomic mass is 16.3. The van der Waals surface area contributed by atoms with Gasteiger partial charge in [0.2, 0.25) is 5.89 Å². The largest absolute Gasteiger partial charge is 0.446 e. The van der Waals surface area contributed by atoms with Crippen LogP contribution in [0.3, 0.4) is 0 Å². The third kappa shape index (κ3) is 3.68. The van der Waals surface area contributed by atoms with Gasteiger partial charge in [-0.3, -0.25) is 4.79 Å². The van der Waals surface area contributed by atoms with Crippen molar-refractivity contribution in [3.63, 3.8) is 0 Å². The average Bonchev–Trinajstić information content (AvgIpc) is 3.37. The van der Waals surface area contributed by atoms with E-state index in [1.807, 2.05) is 67.7 Å². The third-order valence-corrected chi connectivity index (χ3v) is 4.83. The second-order valence-corrected chi connectivity index (χ2v) is 6.85. The second kappa shape index (κ2) is 7.70. The van der Waals surface area contributed by atoms with E-state index >= 15 is 0 Å². The van der Waals surface area contributed by atoms with Crippen molar-refractivity contribution in [3.8, 4) is 0 Å². The molecule has 0 aliphatic carbocycles. The Hall–Kier alpha value is -3.38. The summed E-state index contributed by atoms with van der Waals surface area (Å²) < 4.78 is 5.49. The summed E-state index contributed by atoms with van der Waals surface area (Å²) in [5.41, 5.74) is 9.68. The van der Waals surface area contributed by atoms with Crippen LogP contribution in [0.15, 0.2) is 71.5 Å². The number of hydrogen-bond acceptors (Lipinski definition) is 4. The Morgan fingerprint density at radius 1 is 1.18 bits per heavy atom. The summed E-state index contributed by atoms with van der Waals surface area (Å²) in [7, 11) is 0. The van der Waals surface area contributed by atoms with Crippen LogP contribution in [-0.2, 0) is 6.42 Å². The Morgan fingerprint density at radius 3 is 2.75 bits per heavy atom. The summed E-state index contributed by atoms with van der Waals surface area (Å²) in [6, 6.07) is 17.2. The molecule has 2 atom stereocenters. The minimum Gasteiger partial charge on any atom is -0.446 e. The number of benzene rings is 2. The first-order valence-corrected chi connectivity index (χ1v) is 9.23. The van der Waals surface area contributed by atoms with E-state index in [9.17, 15) is 4.79 Å². The van der Waals surface area contributed by atoms with Crippen molar-refractivity contribution in [1.82, 2.24) is 15.3 Å². The molecule has 0 aliphatic rings. The molecule has 2 aromatic heterocycles. The van der Waals surface area contributed by atoms with E-state index in [1.165, 1.54) is 6.26 Å². The number of rotatable bonds is 6. The molecule has 2 aromatic carbocycles. The van der Waals surface area contributed by atoms with Crippen LogP contribution in [0.4, 0.5) is 0 Å². The first-order valence-electron chi connectivity index (χ1n) is 9.23. The lowest BCUT2D eigenvalue weighted by Gasteiger charge is -2.12. The van der Waals surface area contributed by atoms with Crippen LogP contribution < -0.4 is 11.1 Å². The van der Waals surface area contributed by atoms with Crippen LogP contribution in [0.2, 0.25) is 0 Å². The summed E-state index contributed by atoms with van der Waals surface area (Å²) in [5.74, 6) is 0.0634. The molecular formula is C22H22N4O2. The number of carbonyl (C=O) groups excluding carboxylic acids is 1. The standard InChI is InChI=1S/C22H22N4O2/c1-14(15-7-3-2-4-8-15)25-21(27)20-13-28-22(26-20)18(23)11-16-12-24-19-10-6-5-9-17(16)19/h2-10,12-14,18,24H,11,23H2,1H3,(H,25,27). The first kappa shape index (κ1) is 18.0. The Morgan fingerprint density at radius 2 is 1.93 bits per heavy atom. The van der Waals surface area contributed by atoms with E-state index in [4.69, 9.17) is 10.2 Å². The third-order valence-electron chi connectivity index (χ3n) is 4.83. The van der Waals surface area contributed by atoms with Gasteiger partial charge in [0.05, 0.1) is 12.1 Å². The number of amides is 1. The predicted octanol–water partition coefficient (Wildman–Crippen LogP) is 3.89. The van der Waals surface area contributed by atoms with Crippen molar-refractivity contribution in [2.24, 2.45) is 5.73 Å². The highest BCUT2D eigenvalue weighted by Crippen LogP contribution is 2.23. The number of aromatic nitrogens is 2. The van der Waals surface area contributed by atoms with Gasteiger partial charge < -0.3 is 20.5 Å². The monoisotopic (exact) mass is 374 g/mol. The van der Waals surface area contributed by atoms with Gasteiger partial charge in [0.25, 0.3) is 5.91 Å². The van der Waals surface area contributed by atoms with Crippen molar-refractivity contribution in [3.05, 3.63) is 89.8 Å². The predicted molar refractivity (Wildman–Crippen MR) is 108 cm³/mol. The van der Waals surface area contributed by atoms with Crippen molar-refractivity contribution < 1.29 is 9.21 Å². The maximum atomic E-state index is 12.5. The number of carbonyl (C=O) groups is 1. The van der Waals surface area contributed by atoms with Gasteiger partial charge in [0.15, 0.2) is 5.69 Å². The summed E-state index contributed by atoms with van der Waals surface area (Å²) >= 11 is 0. The molecule has 0 fully saturated rings. The highest BCUT2D eigenvalue weighted by molar-refractivity contribution is 5.92. The Bertz CT molecular complexity index is 1080. The lowest BCUT2D eigenvalue weighted by atomic mass is 10.1. The maximum absolute atomic E-state index is 12.5. The Balaban J connectivity index is 1.44. The molecule has 4 rings (SSSR count). The lowest BCUT2D eigenvalue weighted by Crippen LogP contribution is -2.27. The molecule has 142 valence electrons. The number of H-pyrrole nitrogens is 1. The van der Waals surface area contributed by atoms with Gasteiger partial charge >= 0.3 is 0 Å². The maximum Gasteiger partial charge on any atom is 0.273 e.